The molecule has 0 spiro atoms. The van der Waals surface area contributed by atoms with E-state index in [0.29, 0.717) is 12.1 Å². The Hall–Kier alpha value is -2.00. The van der Waals surface area contributed by atoms with Gasteiger partial charge in [0.2, 0.25) is 0 Å². The molecule has 5 nitrogen and oxygen atoms in total. The van der Waals surface area contributed by atoms with Gasteiger partial charge in [-0.25, -0.2) is 26.6 Å². The van der Waals surface area contributed by atoms with Crippen molar-refractivity contribution >= 4 is 33.1 Å². The summed E-state index contributed by atoms with van der Waals surface area (Å²) in [6.45, 7) is 0. The van der Waals surface area contributed by atoms with Crippen LogP contribution in [0.4, 0.5) is 24.7 Å². The number of anilines is 2. The fourth-order valence-corrected chi connectivity index (χ4v) is 2.65. The van der Waals surface area contributed by atoms with E-state index in [4.69, 9.17) is 17.3 Å². The molecular weight excluding hydrogens is 331 g/mol. The van der Waals surface area contributed by atoms with Gasteiger partial charge in [0.15, 0.2) is 17.5 Å². The Morgan fingerprint density at radius 1 is 1.14 bits per heavy atom. The number of sulfonamides is 1. The van der Waals surface area contributed by atoms with E-state index in [1.165, 1.54) is 0 Å². The fraction of sp³-hybridized carbons (Fsp3) is 0. The molecule has 0 amide bonds. The minimum absolute atomic E-state index is 0.0745. The third-order valence-corrected chi connectivity index (χ3v) is 4.04. The number of nitrogen functional groups attached to an aromatic ring is 1. The third kappa shape index (κ3) is 3.19. The first-order valence-electron chi connectivity index (χ1n) is 5.29. The number of nitrogens with one attached hydrogen (secondary N) is 1. The van der Waals surface area contributed by atoms with Crippen molar-refractivity contribution in [3.8, 4) is 0 Å². The van der Waals surface area contributed by atoms with Crippen molar-refractivity contribution in [1.29, 1.82) is 0 Å². The Kier molecular flexibility index (Phi) is 3.97. The number of nitrogens with two attached hydrogens (primary N) is 1. The molecule has 3 N–H and O–H groups in total. The fourth-order valence-electron chi connectivity index (χ4n) is 1.41. The Morgan fingerprint density at radius 3 is 2.24 bits per heavy atom. The van der Waals surface area contributed by atoms with Gasteiger partial charge in [0, 0.05) is 18.3 Å². The van der Waals surface area contributed by atoms with E-state index in [1.54, 1.807) is 0 Å². The summed E-state index contributed by atoms with van der Waals surface area (Å²) in [5.74, 6) is -4.83. The van der Waals surface area contributed by atoms with E-state index in [2.05, 4.69) is 4.98 Å². The molecule has 10 heteroatoms. The molecule has 0 fully saturated rings. The summed E-state index contributed by atoms with van der Waals surface area (Å²) in [7, 11) is -4.21. The number of halogens is 4. The zero-order valence-electron chi connectivity index (χ0n) is 10.1. The maximum Gasteiger partial charge on any atom is 0.263 e. The number of nitrogens with zero attached hydrogens (tertiary/aromatic N) is 1. The zero-order chi connectivity index (χ0) is 15.8. The molecule has 0 unspecified atom stereocenters. The third-order valence-electron chi connectivity index (χ3n) is 2.39. The second-order valence-corrected chi connectivity index (χ2v) is 5.99. The van der Waals surface area contributed by atoms with E-state index in [0.717, 1.165) is 12.3 Å². The first kappa shape index (κ1) is 15.4. The Balaban J connectivity index is 2.39. The highest BCUT2D eigenvalue weighted by Crippen LogP contribution is 2.23. The second-order valence-electron chi connectivity index (χ2n) is 3.90. The summed E-state index contributed by atoms with van der Waals surface area (Å²) in [5, 5.41) is -0.102. The molecule has 0 aliphatic heterocycles. The average molecular weight is 338 g/mol. The second kappa shape index (κ2) is 5.41. The van der Waals surface area contributed by atoms with Gasteiger partial charge in [0.1, 0.15) is 10.7 Å². The van der Waals surface area contributed by atoms with Crippen molar-refractivity contribution in [3.05, 3.63) is 46.9 Å². The monoisotopic (exact) mass is 337 g/mol. The lowest BCUT2D eigenvalue weighted by atomic mass is 10.3. The summed E-state index contributed by atoms with van der Waals surface area (Å²) >= 11 is 5.64. The van der Waals surface area contributed by atoms with Crippen LogP contribution in [0.15, 0.2) is 29.3 Å². The molecule has 0 radical (unpaired) electrons. The lowest BCUT2D eigenvalue weighted by molar-refractivity contribution is 0.448. The highest BCUT2D eigenvalue weighted by Gasteiger charge is 2.19. The highest BCUT2D eigenvalue weighted by molar-refractivity contribution is 7.92. The molecule has 1 aromatic heterocycles. The summed E-state index contributed by atoms with van der Waals surface area (Å²) in [4.78, 5) is 3.19. The van der Waals surface area contributed by atoms with E-state index in [9.17, 15) is 21.6 Å². The van der Waals surface area contributed by atoms with E-state index >= 15 is 0 Å². The normalized spacial score (nSPS) is 11.4. The maximum absolute atomic E-state index is 13.0. The molecule has 2 rings (SSSR count). The van der Waals surface area contributed by atoms with Gasteiger partial charge < -0.3 is 5.73 Å². The van der Waals surface area contributed by atoms with E-state index < -0.39 is 33.2 Å². The Morgan fingerprint density at radius 2 is 1.71 bits per heavy atom. The number of rotatable bonds is 3. The molecule has 1 heterocycles. The minimum Gasteiger partial charge on any atom is -0.382 e. The Bertz CT molecular complexity index is 791. The molecule has 0 bridgehead atoms. The number of aromatic nitrogens is 1. The van der Waals surface area contributed by atoms with Gasteiger partial charge in [-0.15, -0.1) is 0 Å². The SMILES string of the molecule is Nc1ncc(S(=O)(=O)Nc2cc(F)c(F)c(F)c2)cc1Cl. The van der Waals surface area contributed by atoms with Crippen LogP contribution in [0.25, 0.3) is 0 Å². The van der Waals surface area contributed by atoms with Gasteiger partial charge in [-0.05, 0) is 6.07 Å². The lowest BCUT2D eigenvalue weighted by Crippen LogP contribution is -2.14. The Labute approximate surface area is 122 Å². The van der Waals surface area contributed by atoms with Crippen molar-refractivity contribution in [1.82, 2.24) is 4.98 Å². The number of benzene rings is 1. The average Bonchev–Trinajstić information content (AvgIpc) is 2.38. The predicted octanol–water partition coefficient (Wildman–Crippen LogP) is 2.54. The van der Waals surface area contributed by atoms with Crippen LogP contribution in [0.2, 0.25) is 5.02 Å². The number of pyridine rings is 1. The van der Waals surface area contributed by atoms with Gasteiger partial charge in [0.25, 0.3) is 10.0 Å². The van der Waals surface area contributed by atoms with Crippen molar-refractivity contribution in [3.63, 3.8) is 0 Å². The van der Waals surface area contributed by atoms with Gasteiger partial charge in [-0.3, -0.25) is 4.72 Å². The largest absolute Gasteiger partial charge is 0.382 e. The lowest BCUT2D eigenvalue weighted by Gasteiger charge is -2.09. The van der Waals surface area contributed by atoms with E-state index in [1.807, 2.05) is 4.72 Å². The number of hydrogen-bond acceptors (Lipinski definition) is 4. The van der Waals surface area contributed by atoms with Crippen molar-refractivity contribution < 1.29 is 21.6 Å². The molecule has 21 heavy (non-hydrogen) atoms. The molecule has 0 aliphatic rings. The van der Waals surface area contributed by atoms with Crippen LogP contribution >= 0.6 is 11.6 Å². The standard InChI is InChI=1S/C11H7ClF3N3O2S/c12-7-3-6(4-17-11(7)16)21(19,20)18-5-1-8(13)10(15)9(14)2-5/h1-4,18H,(H2,16,17). The van der Waals surface area contributed by atoms with Crippen LogP contribution in [0.1, 0.15) is 0 Å². The molecule has 0 saturated heterocycles. The molecule has 112 valence electrons. The summed E-state index contributed by atoms with van der Waals surface area (Å²) in [6, 6.07) is 2.02. The zero-order valence-corrected chi connectivity index (χ0v) is 11.6. The van der Waals surface area contributed by atoms with Crippen LogP contribution in [0.5, 0.6) is 0 Å². The van der Waals surface area contributed by atoms with Gasteiger partial charge in [0.05, 0.1) is 10.7 Å². The molecule has 0 aliphatic carbocycles. The van der Waals surface area contributed by atoms with Crippen LogP contribution in [-0.4, -0.2) is 13.4 Å². The molecule has 0 atom stereocenters. The minimum atomic E-state index is -4.21. The molecule has 0 saturated carbocycles. The summed E-state index contributed by atoms with van der Waals surface area (Å²) in [6.07, 6.45) is 0.916. The van der Waals surface area contributed by atoms with Crippen molar-refractivity contribution in [2.24, 2.45) is 0 Å². The van der Waals surface area contributed by atoms with Gasteiger partial charge >= 0.3 is 0 Å². The topological polar surface area (TPSA) is 85.1 Å². The first-order chi connectivity index (χ1) is 9.70. The first-order valence-corrected chi connectivity index (χ1v) is 7.15. The molecule has 1 aromatic carbocycles. The quantitative estimate of drug-likeness (QED) is 0.843. The van der Waals surface area contributed by atoms with Crippen LogP contribution in [0, 0.1) is 17.5 Å². The maximum atomic E-state index is 13.0. The van der Waals surface area contributed by atoms with Crippen LogP contribution in [0.3, 0.4) is 0 Å². The molecular formula is C11H7ClF3N3O2S. The van der Waals surface area contributed by atoms with Crippen molar-refractivity contribution in [2.75, 3.05) is 10.5 Å². The molecule has 2 aromatic rings. The van der Waals surface area contributed by atoms with Crippen molar-refractivity contribution in [2.45, 2.75) is 4.90 Å². The summed E-state index contributed by atoms with van der Waals surface area (Å²) in [5.41, 5.74) is 4.86. The number of hydrogen-bond donors (Lipinski definition) is 2. The predicted molar refractivity (Wildman–Crippen MR) is 70.8 cm³/mol. The smallest absolute Gasteiger partial charge is 0.263 e. The summed E-state index contributed by atoms with van der Waals surface area (Å²) < 4.78 is 64.7. The van der Waals surface area contributed by atoms with Crippen LogP contribution < -0.4 is 10.5 Å². The van der Waals surface area contributed by atoms with E-state index in [-0.39, 0.29) is 15.7 Å². The van der Waals surface area contributed by atoms with Gasteiger partial charge in [-0.1, -0.05) is 11.6 Å². The van der Waals surface area contributed by atoms with Gasteiger partial charge in [-0.2, -0.15) is 0 Å². The van der Waals surface area contributed by atoms with Crippen LogP contribution in [-0.2, 0) is 10.0 Å². The highest BCUT2D eigenvalue weighted by atomic mass is 35.5.